The van der Waals surface area contributed by atoms with Crippen molar-refractivity contribution in [3.05, 3.63) is 0 Å². The van der Waals surface area contributed by atoms with Crippen LogP contribution in [0, 0.1) is 11.3 Å². The Morgan fingerprint density at radius 3 is 3.14 bits per heavy atom. The predicted molar refractivity (Wildman–Crippen MR) is 55.2 cm³/mol. The molecule has 0 aliphatic carbocycles. The van der Waals surface area contributed by atoms with E-state index in [1.807, 2.05) is 4.90 Å². The van der Waals surface area contributed by atoms with E-state index in [1.54, 1.807) is 11.8 Å². The number of hydrogen-bond acceptors (Lipinski definition) is 4. The maximum absolute atomic E-state index is 10.9. The Bertz CT molecular complexity index is 239. The third-order valence-corrected chi connectivity index (χ3v) is 3.28. The number of thioether (sulfide) groups is 1. The summed E-state index contributed by atoms with van der Waals surface area (Å²) in [5, 5.41) is 17.3. The fourth-order valence-corrected chi connectivity index (χ4v) is 2.60. The summed E-state index contributed by atoms with van der Waals surface area (Å²) in [7, 11) is 0. The zero-order valence-corrected chi connectivity index (χ0v) is 8.79. The molecule has 5 heteroatoms. The van der Waals surface area contributed by atoms with E-state index in [9.17, 15) is 4.79 Å². The van der Waals surface area contributed by atoms with Crippen molar-refractivity contribution >= 4 is 17.7 Å². The van der Waals surface area contributed by atoms with Crippen molar-refractivity contribution in [2.75, 3.05) is 24.6 Å². The van der Waals surface area contributed by atoms with Gasteiger partial charge in [0.25, 0.3) is 0 Å². The Morgan fingerprint density at radius 2 is 2.50 bits per heavy atom. The maximum atomic E-state index is 10.9. The number of unbranched alkanes of at least 4 members (excludes halogenated alkanes) is 1. The quantitative estimate of drug-likeness (QED) is 0.701. The zero-order valence-electron chi connectivity index (χ0n) is 7.98. The van der Waals surface area contributed by atoms with Crippen LogP contribution in [0.4, 0.5) is 0 Å². The first-order valence-electron chi connectivity index (χ1n) is 4.67. The lowest BCUT2D eigenvalue weighted by Gasteiger charge is -2.32. The maximum Gasteiger partial charge on any atom is 0.321 e. The highest BCUT2D eigenvalue weighted by molar-refractivity contribution is 7.99. The van der Waals surface area contributed by atoms with Gasteiger partial charge in [-0.3, -0.25) is 9.69 Å². The van der Waals surface area contributed by atoms with E-state index in [0.717, 1.165) is 25.3 Å². The number of nitrogens with zero attached hydrogens (tertiary/aromatic N) is 2. The predicted octanol–water partition coefficient (Wildman–Crippen LogP) is 0.792. The second-order valence-corrected chi connectivity index (χ2v) is 4.38. The summed E-state index contributed by atoms with van der Waals surface area (Å²) < 4.78 is 0. The third-order valence-electron chi connectivity index (χ3n) is 2.26. The first-order valence-corrected chi connectivity index (χ1v) is 5.82. The second kappa shape index (κ2) is 5.89. The largest absolute Gasteiger partial charge is 0.480 e. The van der Waals surface area contributed by atoms with Crippen molar-refractivity contribution in [1.29, 1.82) is 5.26 Å². The van der Waals surface area contributed by atoms with Gasteiger partial charge in [0.1, 0.15) is 6.04 Å². The van der Waals surface area contributed by atoms with Gasteiger partial charge in [0.05, 0.1) is 6.07 Å². The van der Waals surface area contributed by atoms with Crippen molar-refractivity contribution < 1.29 is 9.90 Å². The van der Waals surface area contributed by atoms with Crippen LogP contribution < -0.4 is 0 Å². The molecule has 0 bridgehead atoms. The molecule has 1 atom stereocenters. The highest BCUT2D eigenvalue weighted by Crippen LogP contribution is 2.16. The van der Waals surface area contributed by atoms with Crippen molar-refractivity contribution in [3.8, 4) is 6.07 Å². The Morgan fingerprint density at radius 1 is 1.71 bits per heavy atom. The normalized spacial score (nSPS) is 22.9. The number of carboxylic acid groups (broad SMARTS) is 1. The summed E-state index contributed by atoms with van der Waals surface area (Å²) >= 11 is 1.69. The minimum atomic E-state index is -0.742. The van der Waals surface area contributed by atoms with Crippen LogP contribution in [0.15, 0.2) is 0 Å². The minimum Gasteiger partial charge on any atom is -0.480 e. The molecule has 1 aliphatic heterocycles. The summed E-state index contributed by atoms with van der Waals surface area (Å²) in [6.07, 6.45) is 1.28. The van der Waals surface area contributed by atoms with E-state index in [-0.39, 0.29) is 6.04 Å². The van der Waals surface area contributed by atoms with Gasteiger partial charge in [-0.05, 0) is 6.42 Å². The molecule has 78 valence electrons. The van der Waals surface area contributed by atoms with Gasteiger partial charge >= 0.3 is 5.97 Å². The van der Waals surface area contributed by atoms with Gasteiger partial charge in [-0.15, -0.1) is 0 Å². The molecule has 14 heavy (non-hydrogen) atoms. The molecule has 4 nitrogen and oxygen atoms in total. The molecule has 1 heterocycles. The van der Waals surface area contributed by atoms with Gasteiger partial charge in [0, 0.05) is 31.0 Å². The molecule has 1 aliphatic rings. The van der Waals surface area contributed by atoms with Gasteiger partial charge in [0.2, 0.25) is 0 Å². The zero-order chi connectivity index (χ0) is 10.4. The lowest BCUT2D eigenvalue weighted by Crippen LogP contribution is -2.47. The summed E-state index contributed by atoms with van der Waals surface area (Å²) in [6, 6.07) is 1.72. The molecule has 1 N–H and O–H groups in total. The van der Waals surface area contributed by atoms with E-state index in [1.165, 1.54) is 0 Å². The lowest BCUT2D eigenvalue weighted by atomic mass is 10.2. The molecular weight excluding hydrogens is 200 g/mol. The van der Waals surface area contributed by atoms with E-state index < -0.39 is 5.97 Å². The van der Waals surface area contributed by atoms with Crippen molar-refractivity contribution in [3.63, 3.8) is 0 Å². The third kappa shape index (κ3) is 3.20. The van der Waals surface area contributed by atoms with E-state index in [4.69, 9.17) is 10.4 Å². The molecule has 1 saturated heterocycles. The van der Waals surface area contributed by atoms with Crippen LogP contribution >= 0.6 is 11.8 Å². The van der Waals surface area contributed by atoms with Crippen LogP contribution in [0.5, 0.6) is 0 Å². The monoisotopic (exact) mass is 214 g/mol. The fraction of sp³-hybridized carbons (Fsp3) is 0.778. The van der Waals surface area contributed by atoms with E-state index >= 15 is 0 Å². The van der Waals surface area contributed by atoms with Gasteiger partial charge in [-0.25, -0.2) is 0 Å². The number of carbonyl (C=O) groups is 1. The summed E-state index contributed by atoms with van der Waals surface area (Å²) in [5.74, 6) is 0.923. The average Bonchev–Trinajstić information content (AvgIpc) is 2.19. The minimum absolute atomic E-state index is 0.354. The molecule has 0 radical (unpaired) electrons. The molecule has 0 spiro atoms. The molecule has 0 saturated carbocycles. The Hall–Kier alpha value is -0.730. The Kier molecular flexibility index (Phi) is 4.77. The lowest BCUT2D eigenvalue weighted by molar-refractivity contribution is -0.142. The van der Waals surface area contributed by atoms with Gasteiger partial charge in [-0.1, -0.05) is 0 Å². The molecule has 1 unspecified atom stereocenters. The molecule has 0 aromatic rings. The Labute approximate surface area is 87.9 Å². The second-order valence-electron chi connectivity index (χ2n) is 3.23. The van der Waals surface area contributed by atoms with Crippen molar-refractivity contribution in [2.24, 2.45) is 0 Å². The average molecular weight is 214 g/mol. The van der Waals surface area contributed by atoms with Crippen LogP contribution in [0.25, 0.3) is 0 Å². The summed E-state index contributed by atoms with van der Waals surface area (Å²) in [4.78, 5) is 12.8. The standard InChI is InChI=1S/C9H14N2O2S/c10-3-1-2-4-11-5-6-14-7-8(11)9(12)13/h8H,1-2,4-7H2,(H,12,13). The molecule has 1 fully saturated rings. The van der Waals surface area contributed by atoms with Gasteiger partial charge < -0.3 is 5.11 Å². The topological polar surface area (TPSA) is 64.3 Å². The van der Waals surface area contributed by atoms with Gasteiger partial charge in [-0.2, -0.15) is 17.0 Å². The smallest absolute Gasteiger partial charge is 0.321 e. The number of nitriles is 1. The number of rotatable bonds is 4. The van der Waals surface area contributed by atoms with E-state index in [0.29, 0.717) is 12.2 Å². The van der Waals surface area contributed by atoms with Crippen LogP contribution in [0.2, 0.25) is 0 Å². The molecule has 1 rings (SSSR count). The first-order chi connectivity index (χ1) is 6.75. The summed E-state index contributed by atoms with van der Waals surface area (Å²) in [6.45, 7) is 1.55. The first kappa shape index (κ1) is 11.3. The molecule has 0 aromatic heterocycles. The number of aliphatic carboxylic acids is 1. The fourth-order valence-electron chi connectivity index (χ4n) is 1.49. The highest BCUT2D eigenvalue weighted by atomic mass is 32.2. The van der Waals surface area contributed by atoms with Crippen LogP contribution in [0.1, 0.15) is 12.8 Å². The van der Waals surface area contributed by atoms with Crippen LogP contribution in [-0.2, 0) is 4.79 Å². The van der Waals surface area contributed by atoms with Crippen LogP contribution in [0.3, 0.4) is 0 Å². The van der Waals surface area contributed by atoms with Crippen molar-refractivity contribution in [1.82, 2.24) is 4.90 Å². The Balaban J connectivity index is 2.38. The molecule has 0 amide bonds. The SMILES string of the molecule is N#CCCCN1CCSCC1C(=O)O. The van der Waals surface area contributed by atoms with E-state index in [2.05, 4.69) is 6.07 Å². The summed E-state index contributed by atoms with van der Waals surface area (Å²) in [5.41, 5.74) is 0. The van der Waals surface area contributed by atoms with Crippen LogP contribution in [-0.4, -0.2) is 46.6 Å². The highest BCUT2D eigenvalue weighted by Gasteiger charge is 2.27. The number of hydrogen-bond donors (Lipinski definition) is 1. The van der Waals surface area contributed by atoms with Gasteiger partial charge in [0.15, 0.2) is 0 Å². The van der Waals surface area contributed by atoms with Crippen molar-refractivity contribution in [2.45, 2.75) is 18.9 Å². The molecular formula is C9H14N2O2S. The number of carboxylic acids is 1. The molecule has 0 aromatic carbocycles.